The Morgan fingerprint density at radius 1 is 1.13 bits per heavy atom. The highest BCUT2D eigenvalue weighted by molar-refractivity contribution is 7.88. The summed E-state index contributed by atoms with van der Waals surface area (Å²) in [5.74, 6) is -2.05. The summed E-state index contributed by atoms with van der Waals surface area (Å²) in [4.78, 5) is 24.2. The second-order valence-electron chi connectivity index (χ2n) is 7.08. The third kappa shape index (κ3) is 5.22. The van der Waals surface area contributed by atoms with Crippen LogP contribution in [0.2, 0.25) is 0 Å². The fourth-order valence-corrected chi connectivity index (χ4v) is 4.96. The van der Waals surface area contributed by atoms with Crippen molar-refractivity contribution >= 4 is 27.6 Å². The number of amides is 1. The first-order chi connectivity index (χ1) is 14.3. The van der Waals surface area contributed by atoms with Gasteiger partial charge < -0.3 is 10.1 Å². The molecule has 2 aromatic carbocycles. The number of nitrogens with one attached hydrogen (secondary N) is 1. The average Bonchev–Trinajstić information content (AvgIpc) is 2.75. The van der Waals surface area contributed by atoms with Crippen LogP contribution in [-0.4, -0.2) is 44.8 Å². The Labute approximate surface area is 174 Å². The van der Waals surface area contributed by atoms with E-state index in [1.54, 1.807) is 24.3 Å². The molecular weight excluding hydrogens is 411 g/mol. The van der Waals surface area contributed by atoms with Gasteiger partial charge in [0.2, 0.25) is 15.9 Å². The predicted molar refractivity (Wildman–Crippen MR) is 110 cm³/mol. The summed E-state index contributed by atoms with van der Waals surface area (Å²) in [5, 5.41) is 2.77. The minimum absolute atomic E-state index is 0.128. The number of hydrogen-bond acceptors (Lipinski definition) is 5. The second-order valence-corrected chi connectivity index (χ2v) is 9.05. The molecule has 30 heavy (non-hydrogen) atoms. The van der Waals surface area contributed by atoms with E-state index in [0.29, 0.717) is 24.1 Å². The summed E-state index contributed by atoms with van der Waals surface area (Å²) >= 11 is 0. The summed E-state index contributed by atoms with van der Waals surface area (Å²) < 4.78 is 45.0. The number of rotatable bonds is 6. The van der Waals surface area contributed by atoms with Gasteiger partial charge in [-0.25, -0.2) is 21.9 Å². The summed E-state index contributed by atoms with van der Waals surface area (Å²) in [7, 11) is -2.40. The molecular formula is C21H23FN2O5S. The van der Waals surface area contributed by atoms with E-state index >= 15 is 0 Å². The largest absolute Gasteiger partial charge is 0.465 e. The van der Waals surface area contributed by atoms with Gasteiger partial charge in [-0.05, 0) is 37.1 Å². The van der Waals surface area contributed by atoms with E-state index in [2.05, 4.69) is 10.1 Å². The van der Waals surface area contributed by atoms with Crippen LogP contribution >= 0.6 is 0 Å². The lowest BCUT2D eigenvalue weighted by Crippen LogP contribution is -2.42. The molecule has 0 spiro atoms. The van der Waals surface area contributed by atoms with E-state index in [4.69, 9.17) is 0 Å². The maximum atomic E-state index is 13.8. The lowest BCUT2D eigenvalue weighted by atomic mass is 9.97. The second kappa shape index (κ2) is 9.36. The van der Waals surface area contributed by atoms with Gasteiger partial charge in [0.1, 0.15) is 5.82 Å². The number of anilines is 1. The van der Waals surface area contributed by atoms with Crippen LogP contribution in [-0.2, 0) is 25.3 Å². The van der Waals surface area contributed by atoms with Crippen LogP contribution in [0.4, 0.5) is 10.1 Å². The molecule has 1 fully saturated rings. The fraction of sp³-hybridized carbons (Fsp3) is 0.333. The van der Waals surface area contributed by atoms with Crippen molar-refractivity contribution in [2.75, 3.05) is 25.5 Å². The van der Waals surface area contributed by atoms with Gasteiger partial charge in [0, 0.05) is 30.3 Å². The number of carbonyl (C=O) groups excluding carboxylic acids is 2. The molecule has 1 aliphatic heterocycles. The predicted octanol–water partition coefficient (Wildman–Crippen LogP) is 2.79. The Morgan fingerprint density at radius 3 is 2.50 bits per heavy atom. The molecule has 0 unspecified atom stereocenters. The number of halogens is 1. The Kier molecular flexibility index (Phi) is 6.84. The lowest BCUT2D eigenvalue weighted by molar-refractivity contribution is -0.120. The zero-order chi connectivity index (χ0) is 21.7. The maximum absolute atomic E-state index is 13.8. The number of carbonyl (C=O) groups is 2. The molecule has 9 heteroatoms. The molecule has 2 aromatic rings. The summed E-state index contributed by atoms with van der Waals surface area (Å²) in [6.45, 7) is 0.383. The van der Waals surface area contributed by atoms with E-state index in [-0.39, 0.29) is 30.5 Å². The number of hydrogen-bond donors (Lipinski definition) is 1. The average molecular weight is 434 g/mol. The van der Waals surface area contributed by atoms with Crippen molar-refractivity contribution in [1.82, 2.24) is 4.31 Å². The van der Waals surface area contributed by atoms with E-state index in [1.165, 1.54) is 35.7 Å². The van der Waals surface area contributed by atoms with Crippen LogP contribution in [0.15, 0.2) is 48.5 Å². The molecule has 1 amide bonds. The molecule has 7 nitrogen and oxygen atoms in total. The Morgan fingerprint density at radius 2 is 1.83 bits per heavy atom. The van der Waals surface area contributed by atoms with Gasteiger partial charge in [-0.1, -0.05) is 24.3 Å². The molecule has 0 bridgehead atoms. The van der Waals surface area contributed by atoms with E-state index < -0.39 is 27.6 Å². The van der Waals surface area contributed by atoms with Gasteiger partial charge in [-0.15, -0.1) is 0 Å². The maximum Gasteiger partial charge on any atom is 0.337 e. The van der Waals surface area contributed by atoms with Crippen molar-refractivity contribution in [3.05, 3.63) is 65.5 Å². The standard InChI is InChI=1S/C21H23FN2O5S/c1-29-21(26)16-6-4-7-18(13-16)23-20(25)15-9-11-24(12-10-15)30(27,28)14-17-5-2-3-8-19(17)22/h2-8,13,15H,9-12,14H2,1H3,(H,23,25). The first-order valence-electron chi connectivity index (χ1n) is 9.50. The summed E-state index contributed by atoms with van der Waals surface area (Å²) in [6.07, 6.45) is 0.720. The van der Waals surface area contributed by atoms with Crippen LogP contribution in [0, 0.1) is 11.7 Å². The van der Waals surface area contributed by atoms with Crippen LogP contribution in [0.25, 0.3) is 0 Å². The van der Waals surface area contributed by atoms with Crippen LogP contribution < -0.4 is 5.32 Å². The quantitative estimate of drug-likeness (QED) is 0.706. The van der Waals surface area contributed by atoms with Gasteiger partial charge in [0.15, 0.2) is 0 Å². The topological polar surface area (TPSA) is 92.8 Å². The number of piperidine rings is 1. The number of methoxy groups -OCH3 is 1. The van der Waals surface area contributed by atoms with E-state index in [9.17, 15) is 22.4 Å². The minimum atomic E-state index is -3.67. The van der Waals surface area contributed by atoms with Crippen molar-refractivity contribution in [2.45, 2.75) is 18.6 Å². The summed E-state index contributed by atoms with van der Waals surface area (Å²) in [6, 6.07) is 12.2. The molecule has 1 saturated heterocycles. The van der Waals surface area contributed by atoms with Gasteiger partial charge in [-0.2, -0.15) is 0 Å². The zero-order valence-corrected chi connectivity index (χ0v) is 17.3. The highest BCUT2D eigenvalue weighted by Crippen LogP contribution is 2.24. The zero-order valence-electron chi connectivity index (χ0n) is 16.5. The van der Waals surface area contributed by atoms with Gasteiger partial charge in [-0.3, -0.25) is 4.79 Å². The smallest absolute Gasteiger partial charge is 0.337 e. The number of ether oxygens (including phenoxy) is 1. The number of nitrogens with zero attached hydrogens (tertiary/aromatic N) is 1. The van der Waals surface area contributed by atoms with Crippen LogP contribution in [0.3, 0.4) is 0 Å². The Hall–Kier alpha value is -2.78. The number of esters is 1. The first kappa shape index (κ1) is 21.9. The molecule has 0 saturated carbocycles. The molecule has 0 aliphatic carbocycles. The molecule has 160 valence electrons. The first-order valence-corrected chi connectivity index (χ1v) is 11.1. The van der Waals surface area contributed by atoms with Crippen molar-refractivity contribution in [2.24, 2.45) is 5.92 Å². The summed E-state index contributed by atoms with van der Waals surface area (Å²) in [5.41, 5.74) is 0.921. The fourth-order valence-electron chi connectivity index (χ4n) is 3.39. The van der Waals surface area contributed by atoms with Crippen molar-refractivity contribution in [3.63, 3.8) is 0 Å². The van der Waals surface area contributed by atoms with Crippen molar-refractivity contribution in [1.29, 1.82) is 0 Å². The molecule has 1 aliphatic rings. The normalized spacial score (nSPS) is 15.5. The van der Waals surface area contributed by atoms with Crippen LogP contribution in [0.1, 0.15) is 28.8 Å². The van der Waals surface area contributed by atoms with Gasteiger partial charge in [0.05, 0.1) is 18.4 Å². The lowest BCUT2D eigenvalue weighted by Gasteiger charge is -2.30. The third-order valence-electron chi connectivity index (χ3n) is 5.07. The molecule has 0 radical (unpaired) electrons. The van der Waals surface area contributed by atoms with E-state index in [1.807, 2.05) is 0 Å². The number of sulfonamides is 1. The molecule has 1 heterocycles. The van der Waals surface area contributed by atoms with Crippen molar-refractivity contribution in [3.8, 4) is 0 Å². The molecule has 0 aromatic heterocycles. The third-order valence-corrected chi connectivity index (χ3v) is 6.89. The Bertz CT molecular complexity index is 1030. The molecule has 0 atom stereocenters. The van der Waals surface area contributed by atoms with Crippen LogP contribution in [0.5, 0.6) is 0 Å². The molecule has 1 N–H and O–H groups in total. The SMILES string of the molecule is COC(=O)c1cccc(NC(=O)C2CCN(S(=O)(=O)Cc3ccccc3F)CC2)c1. The number of benzene rings is 2. The van der Waals surface area contributed by atoms with Crippen molar-refractivity contribution < 1.29 is 27.1 Å². The highest BCUT2D eigenvalue weighted by Gasteiger charge is 2.31. The molecule has 3 rings (SSSR count). The minimum Gasteiger partial charge on any atom is -0.465 e. The van der Waals surface area contributed by atoms with Gasteiger partial charge in [0.25, 0.3) is 0 Å². The monoisotopic (exact) mass is 434 g/mol. The Balaban J connectivity index is 1.58. The highest BCUT2D eigenvalue weighted by atomic mass is 32.2. The van der Waals surface area contributed by atoms with E-state index in [0.717, 1.165) is 0 Å². The van der Waals surface area contributed by atoms with Gasteiger partial charge >= 0.3 is 5.97 Å².